The molecule has 3 rings (SSSR count). The topological polar surface area (TPSA) is 84.3 Å². The molecule has 1 aliphatic rings. The molecule has 2 aromatic rings. The zero-order chi connectivity index (χ0) is 12.6. The Morgan fingerprint density at radius 2 is 2.17 bits per heavy atom. The van der Waals surface area contributed by atoms with Crippen molar-refractivity contribution >= 4 is 22.8 Å². The van der Waals surface area contributed by atoms with Crippen molar-refractivity contribution in [1.82, 2.24) is 4.98 Å². The van der Waals surface area contributed by atoms with Crippen LogP contribution < -0.4 is 11.1 Å². The lowest BCUT2D eigenvalue weighted by atomic mass is 9.99. The molecule has 0 amide bonds. The smallest absolute Gasteiger partial charge is 0.296 e. The van der Waals surface area contributed by atoms with Crippen molar-refractivity contribution < 1.29 is 9.52 Å². The molecule has 1 saturated carbocycles. The summed E-state index contributed by atoms with van der Waals surface area (Å²) in [6.45, 7) is 0.0984. The van der Waals surface area contributed by atoms with E-state index in [1.165, 1.54) is 0 Å². The molecule has 0 saturated heterocycles. The van der Waals surface area contributed by atoms with E-state index in [9.17, 15) is 5.11 Å². The molecule has 18 heavy (non-hydrogen) atoms. The van der Waals surface area contributed by atoms with Crippen LogP contribution >= 0.6 is 0 Å². The van der Waals surface area contributed by atoms with Crippen LogP contribution in [0.4, 0.5) is 11.7 Å². The second kappa shape index (κ2) is 4.17. The Morgan fingerprint density at radius 3 is 2.83 bits per heavy atom. The standard InChI is InChI=1S/C13H17N3O2/c14-9-4-3-5-10-11(9)15-12(18-10)16-13(8-17)6-1-2-7-13/h3-5,17H,1-2,6-8,14H2,(H,15,16). The van der Waals surface area contributed by atoms with E-state index in [0.717, 1.165) is 25.7 Å². The first-order chi connectivity index (χ1) is 8.72. The molecule has 0 bridgehead atoms. The van der Waals surface area contributed by atoms with Crippen LogP contribution in [0.15, 0.2) is 22.6 Å². The maximum atomic E-state index is 9.55. The van der Waals surface area contributed by atoms with Gasteiger partial charge in [-0.3, -0.25) is 0 Å². The number of aliphatic hydroxyl groups excluding tert-OH is 1. The second-order valence-electron chi connectivity index (χ2n) is 4.98. The van der Waals surface area contributed by atoms with Gasteiger partial charge in [0.15, 0.2) is 5.58 Å². The normalized spacial score (nSPS) is 18.3. The number of hydrogen-bond acceptors (Lipinski definition) is 5. The molecule has 1 heterocycles. The molecular formula is C13H17N3O2. The molecule has 0 unspecified atom stereocenters. The Kier molecular flexibility index (Phi) is 2.63. The minimum atomic E-state index is -0.282. The molecule has 4 N–H and O–H groups in total. The van der Waals surface area contributed by atoms with Crippen LogP contribution in [-0.2, 0) is 0 Å². The second-order valence-corrected chi connectivity index (χ2v) is 4.98. The highest BCUT2D eigenvalue weighted by molar-refractivity contribution is 5.86. The van der Waals surface area contributed by atoms with E-state index in [1.54, 1.807) is 6.07 Å². The largest absolute Gasteiger partial charge is 0.423 e. The van der Waals surface area contributed by atoms with Crippen LogP contribution in [0.1, 0.15) is 25.7 Å². The number of benzene rings is 1. The highest BCUT2D eigenvalue weighted by Gasteiger charge is 2.34. The summed E-state index contributed by atoms with van der Waals surface area (Å²) >= 11 is 0. The zero-order valence-corrected chi connectivity index (χ0v) is 10.1. The molecule has 1 aromatic heterocycles. The summed E-state index contributed by atoms with van der Waals surface area (Å²) in [7, 11) is 0. The first-order valence-corrected chi connectivity index (χ1v) is 6.27. The molecule has 96 valence electrons. The van der Waals surface area contributed by atoms with E-state index in [-0.39, 0.29) is 12.1 Å². The molecule has 0 spiro atoms. The third kappa shape index (κ3) is 1.80. The van der Waals surface area contributed by atoms with Gasteiger partial charge < -0.3 is 20.6 Å². The van der Waals surface area contributed by atoms with Gasteiger partial charge in [0.1, 0.15) is 5.52 Å². The summed E-state index contributed by atoms with van der Waals surface area (Å²) in [5, 5.41) is 12.8. The van der Waals surface area contributed by atoms with E-state index < -0.39 is 0 Å². The third-order valence-corrected chi connectivity index (χ3v) is 3.69. The monoisotopic (exact) mass is 247 g/mol. The fourth-order valence-electron chi connectivity index (χ4n) is 2.62. The van der Waals surface area contributed by atoms with Crippen LogP contribution in [0.3, 0.4) is 0 Å². The first kappa shape index (κ1) is 11.3. The number of aliphatic hydroxyl groups is 1. The lowest BCUT2D eigenvalue weighted by Gasteiger charge is -2.26. The Morgan fingerprint density at radius 1 is 1.39 bits per heavy atom. The van der Waals surface area contributed by atoms with Gasteiger partial charge in [-0.15, -0.1) is 0 Å². The number of hydrogen-bond donors (Lipinski definition) is 3. The van der Waals surface area contributed by atoms with Crippen molar-refractivity contribution in [2.24, 2.45) is 0 Å². The van der Waals surface area contributed by atoms with Gasteiger partial charge in [-0.1, -0.05) is 18.9 Å². The van der Waals surface area contributed by atoms with Gasteiger partial charge in [-0.2, -0.15) is 4.98 Å². The van der Waals surface area contributed by atoms with Crippen LogP contribution in [0, 0.1) is 0 Å². The molecule has 0 aliphatic heterocycles. The van der Waals surface area contributed by atoms with E-state index >= 15 is 0 Å². The van der Waals surface area contributed by atoms with Gasteiger partial charge >= 0.3 is 0 Å². The number of oxazole rings is 1. The van der Waals surface area contributed by atoms with Crippen LogP contribution in [0.25, 0.3) is 11.1 Å². The van der Waals surface area contributed by atoms with Gasteiger partial charge in [0.2, 0.25) is 0 Å². The lowest BCUT2D eigenvalue weighted by Crippen LogP contribution is -2.39. The molecular weight excluding hydrogens is 230 g/mol. The van der Waals surface area contributed by atoms with Crippen molar-refractivity contribution in [1.29, 1.82) is 0 Å². The minimum Gasteiger partial charge on any atom is -0.423 e. The van der Waals surface area contributed by atoms with Gasteiger partial charge in [0, 0.05) is 0 Å². The third-order valence-electron chi connectivity index (χ3n) is 3.69. The maximum Gasteiger partial charge on any atom is 0.296 e. The quantitative estimate of drug-likeness (QED) is 0.723. The summed E-state index contributed by atoms with van der Waals surface area (Å²) in [6.07, 6.45) is 4.13. The number of nitrogens with one attached hydrogen (secondary N) is 1. The molecule has 5 heteroatoms. The molecule has 1 aliphatic carbocycles. The summed E-state index contributed by atoms with van der Waals surface area (Å²) in [4.78, 5) is 4.35. The van der Waals surface area contributed by atoms with Crippen molar-refractivity contribution in [3.8, 4) is 0 Å². The Bertz CT molecular complexity index is 558. The molecule has 0 radical (unpaired) electrons. The molecule has 1 fully saturated rings. The average Bonchev–Trinajstić information content (AvgIpc) is 2.97. The van der Waals surface area contributed by atoms with Gasteiger partial charge in [-0.05, 0) is 25.0 Å². The van der Waals surface area contributed by atoms with E-state index in [0.29, 0.717) is 22.8 Å². The number of nitrogens with two attached hydrogens (primary N) is 1. The summed E-state index contributed by atoms with van der Waals surface area (Å²) < 4.78 is 5.62. The fraction of sp³-hybridized carbons (Fsp3) is 0.462. The van der Waals surface area contributed by atoms with Crippen LogP contribution in [0.5, 0.6) is 0 Å². The van der Waals surface area contributed by atoms with E-state index in [1.807, 2.05) is 12.1 Å². The SMILES string of the molecule is Nc1cccc2oc(NC3(CO)CCCC3)nc12. The molecule has 5 nitrogen and oxygen atoms in total. The maximum absolute atomic E-state index is 9.55. The number of rotatable bonds is 3. The minimum absolute atomic E-state index is 0.0984. The van der Waals surface area contributed by atoms with Gasteiger partial charge in [0.05, 0.1) is 17.8 Å². The number of para-hydroxylation sites is 1. The van der Waals surface area contributed by atoms with Crippen molar-refractivity contribution in [3.05, 3.63) is 18.2 Å². The summed E-state index contributed by atoms with van der Waals surface area (Å²) in [5.41, 5.74) is 7.51. The average molecular weight is 247 g/mol. The Labute approximate surface area is 105 Å². The summed E-state index contributed by atoms with van der Waals surface area (Å²) in [6, 6.07) is 5.92. The Balaban J connectivity index is 1.93. The van der Waals surface area contributed by atoms with E-state index in [2.05, 4.69) is 10.3 Å². The van der Waals surface area contributed by atoms with Crippen LogP contribution in [-0.4, -0.2) is 22.2 Å². The fourth-order valence-corrected chi connectivity index (χ4v) is 2.62. The number of nitrogens with zero attached hydrogens (tertiary/aromatic N) is 1. The predicted octanol–water partition coefficient (Wildman–Crippen LogP) is 2.13. The Hall–Kier alpha value is -1.75. The molecule has 1 aromatic carbocycles. The first-order valence-electron chi connectivity index (χ1n) is 6.27. The number of fused-ring (bicyclic) bond motifs is 1. The zero-order valence-electron chi connectivity index (χ0n) is 10.1. The highest BCUT2D eigenvalue weighted by Crippen LogP contribution is 2.33. The number of nitrogen functional groups attached to an aromatic ring is 1. The van der Waals surface area contributed by atoms with Crippen LogP contribution in [0.2, 0.25) is 0 Å². The van der Waals surface area contributed by atoms with Gasteiger partial charge in [0.25, 0.3) is 6.01 Å². The van der Waals surface area contributed by atoms with Crippen molar-refractivity contribution in [3.63, 3.8) is 0 Å². The van der Waals surface area contributed by atoms with Crippen molar-refractivity contribution in [2.45, 2.75) is 31.2 Å². The van der Waals surface area contributed by atoms with Gasteiger partial charge in [-0.25, -0.2) is 0 Å². The molecule has 0 atom stereocenters. The van der Waals surface area contributed by atoms with E-state index in [4.69, 9.17) is 10.2 Å². The predicted molar refractivity (Wildman–Crippen MR) is 70.3 cm³/mol. The number of anilines is 2. The number of aromatic nitrogens is 1. The lowest BCUT2D eigenvalue weighted by molar-refractivity contribution is 0.211. The van der Waals surface area contributed by atoms with Crippen molar-refractivity contribution in [2.75, 3.05) is 17.7 Å². The highest BCUT2D eigenvalue weighted by atomic mass is 16.4. The summed E-state index contributed by atoms with van der Waals surface area (Å²) in [5.74, 6) is 0.